The van der Waals surface area contributed by atoms with E-state index in [1.54, 1.807) is 10.8 Å². The number of nitrogens with one attached hydrogen (secondary N) is 2. The number of anilines is 1. The molecule has 4 rings (SSSR count). The molecule has 2 aliphatic rings. The topological polar surface area (TPSA) is 83.0 Å². The van der Waals surface area contributed by atoms with E-state index in [-0.39, 0.29) is 17.3 Å². The first-order chi connectivity index (χ1) is 12.0. The summed E-state index contributed by atoms with van der Waals surface area (Å²) in [6.45, 7) is 6.08. The molecule has 0 spiro atoms. The summed E-state index contributed by atoms with van der Waals surface area (Å²) in [5, 5.41) is 3.84. The van der Waals surface area contributed by atoms with Gasteiger partial charge in [0.1, 0.15) is 5.82 Å². The number of rotatable bonds is 4. The van der Waals surface area contributed by atoms with Gasteiger partial charge in [-0.1, -0.05) is 0 Å². The smallest absolute Gasteiger partial charge is 0.329 e. The molecule has 1 aliphatic carbocycles. The Morgan fingerprint density at radius 3 is 2.76 bits per heavy atom. The van der Waals surface area contributed by atoms with E-state index < -0.39 is 0 Å². The number of nitrogens with zero attached hydrogens (tertiary/aromatic N) is 3. The summed E-state index contributed by atoms with van der Waals surface area (Å²) < 4.78 is 1.76. The van der Waals surface area contributed by atoms with E-state index in [1.165, 1.54) is 0 Å². The average molecular weight is 343 g/mol. The lowest BCUT2D eigenvalue weighted by Crippen LogP contribution is -2.33. The molecular formula is C18H25N5O2. The Labute approximate surface area is 146 Å². The van der Waals surface area contributed by atoms with Gasteiger partial charge in [0.25, 0.3) is 5.56 Å². The van der Waals surface area contributed by atoms with Crippen LogP contribution in [-0.4, -0.2) is 40.7 Å². The molecule has 1 unspecified atom stereocenters. The van der Waals surface area contributed by atoms with Gasteiger partial charge in [-0.2, -0.15) is 0 Å². The normalized spacial score (nSPS) is 21.9. The van der Waals surface area contributed by atoms with Crippen molar-refractivity contribution in [2.75, 3.05) is 25.0 Å². The maximum absolute atomic E-state index is 12.4. The van der Waals surface area contributed by atoms with Crippen molar-refractivity contribution >= 4 is 16.7 Å². The van der Waals surface area contributed by atoms with Crippen molar-refractivity contribution in [1.29, 1.82) is 0 Å². The zero-order valence-corrected chi connectivity index (χ0v) is 15.0. The van der Waals surface area contributed by atoms with Gasteiger partial charge >= 0.3 is 5.69 Å². The number of pyridine rings is 1. The molecule has 2 aromatic heterocycles. The molecule has 7 heteroatoms. The number of aromatic nitrogens is 3. The molecule has 2 fully saturated rings. The van der Waals surface area contributed by atoms with Crippen LogP contribution in [0.15, 0.2) is 15.8 Å². The van der Waals surface area contributed by atoms with E-state index >= 15 is 0 Å². The highest BCUT2D eigenvalue weighted by molar-refractivity contribution is 5.84. The third-order valence-corrected chi connectivity index (χ3v) is 5.79. The van der Waals surface area contributed by atoms with E-state index in [9.17, 15) is 9.59 Å². The lowest BCUT2D eigenvalue weighted by Gasteiger charge is -2.23. The zero-order valence-electron chi connectivity index (χ0n) is 15.0. The summed E-state index contributed by atoms with van der Waals surface area (Å²) >= 11 is 0. The van der Waals surface area contributed by atoms with Gasteiger partial charge < -0.3 is 10.2 Å². The maximum atomic E-state index is 12.4. The quantitative estimate of drug-likeness (QED) is 0.870. The molecule has 0 aromatic carbocycles. The van der Waals surface area contributed by atoms with Crippen LogP contribution in [0.4, 0.5) is 5.82 Å². The molecule has 1 saturated heterocycles. The van der Waals surface area contributed by atoms with Crippen molar-refractivity contribution in [3.8, 4) is 0 Å². The molecular weight excluding hydrogens is 318 g/mol. The van der Waals surface area contributed by atoms with Gasteiger partial charge in [0.2, 0.25) is 0 Å². The minimum absolute atomic E-state index is 0.205. The third-order valence-electron chi connectivity index (χ3n) is 5.79. The molecule has 2 atom stereocenters. The first-order valence-electron chi connectivity index (χ1n) is 9.07. The predicted octanol–water partition coefficient (Wildman–Crippen LogP) is 1.16. The number of fused-ring (bicyclic) bond motifs is 1. The monoisotopic (exact) mass is 343 g/mol. The summed E-state index contributed by atoms with van der Waals surface area (Å²) in [6, 6.07) is 0.662. The summed E-state index contributed by atoms with van der Waals surface area (Å²) in [7, 11) is 1.99. The number of aryl methyl sites for hydroxylation is 1. The number of H-pyrrole nitrogens is 1. The van der Waals surface area contributed by atoms with Crippen LogP contribution in [0.3, 0.4) is 0 Å². The summed E-state index contributed by atoms with van der Waals surface area (Å²) in [5.74, 6) is 1.48. The molecule has 2 aromatic rings. The Morgan fingerprint density at radius 2 is 2.08 bits per heavy atom. The van der Waals surface area contributed by atoms with E-state index in [2.05, 4.69) is 27.1 Å². The predicted molar refractivity (Wildman–Crippen MR) is 98.5 cm³/mol. The fourth-order valence-corrected chi connectivity index (χ4v) is 4.02. The van der Waals surface area contributed by atoms with Crippen LogP contribution in [0.2, 0.25) is 0 Å². The minimum Gasteiger partial charge on any atom is -0.356 e. The van der Waals surface area contributed by atoms with Gasteiger partial charge in [0.05, 0.1) is 10.9 Å². The Morgan fingerprint density at radius 1 is 1.32 bits per heavy atom. The molecule has 3 heterocycles. The molecule has 0 bridgehead atoms. The van der Waals surface area contributed by atoms with Crippen molar-refractivity contribution in [2.45, 2.75) is 45.2 Å². The van der Waals surface area contributed by atoms with Crippen molar-refractivity contribution in [2.24, 2.45) is 5.92 Å². The highest BCUT2D eigenvalue weighted by Gasteiger charge is 2.31. The molecule has 134 valence electrons. The molecule has 7 nitrogen and oxygen atoms in total. The summed E-state index contributed by atoms with van der Waals surface area (Å²) in [5.41, 5.74) is 1.04. The highest BCUT2D eigenvalue weighted by atomic mass is 16.2. The second-order valence-corrected chi connectivity index (χ2v) is 7.40. The zero-order chi connectivity index (χ0) is 17.7. The maximum Gasteiger partial charge on any atom is 0.329 e. The Bertz CT molecular complexity index is 927. The number of hydrogen-bond donors (Lipinski definition) is 2. The van der Waals surface area contributed by atoms with Gasteiger partial charge in [-0.3, -0.25) is 14.3 Å². The van der Waals surface area contributed by atoms with Crippen LogP contribution >= 0.6 is 0 Å². The van der Waals surface area contributed by atoms with Gasteiger partial charge in [-0.05, 0) is 46.1 Å². The van der Waals surface area contributed by atoms with Gasteiger partial charge in [0.15, 0.2) is 0 Å². The van der Waals surface area contributed by atoms with Crippen molar-refractivity contribution in [1.82, 2.24) is 19.9 Å². The Hall–Kier alpha value is -2.15. The average Bonchev–Trinajstić information content (AvgIpc) is 3.30. The molecule has 1 aliphatic heterocycles. The van der Waals surface area contributed by atoms with Crippen LogP contribution in [0.25, 0.3) is 10.9 Å². The highest BCUT2D eigenvalue weighted by Crippen LogP contribution is 2.37. The lowest BCUT2D eigenvalue weighted by molar-refractivity contribution is 0.428. The molecule has 0 amide bonds. The fraction of sp³-hybridized carbons (Fsp3) is 0.611. The second kappa shape index (κ2) is 5.98. The molecule has 1 saturated carbocycles. The van der Waals surface area contributed by atoms with E-state index in [0.29, 0.717) is 17.3 Å². The van der Waals surface area contributed by atoms with Crippen LogP contribution in [-0.2, 0) is 0 Å². The van der Waals surface area contributed by atoms with Crippen molar-refractivity contribution < 1.29 is 0 Å². The summed E-state index contributed by atoms with van der Waals surface area (Å²) in [4.78, 5) is 33.9. The van der Waals surface area contributed by atoms with E-state index in [4.69, 9.17) is 0 Å². The molecule has 0 radical (unpaired) electrons. The first-order valence-corrected chi connectivity index (χ1v) is 9.07. The SMILES string of the molecule is CN[C@@H](C)C1CCN(c2ncc3c(=O)[nH]c(=O)n(C4CC4)c3c2C)C1. The van der Waals surface area contributed by atoms with Crippen LogP contribution < -0.4 is 21.5 Å². The largest absolute Gasteiger partial charge is 0.356 e. The van der Waals surface area contributed by atoms with Crippen LogP contribution in [0.5, 0.6) is 0 Å². The van der Waals surface area contributed by atoms with Gasteiger partial charge in [-0.15, -0.1) is 0 Å². The summed E-state index contributed by atoms with van der Waals surface area (Å²) in [6.07, 6.45) is 4.73. The number of hydrogen-bond acceptors (Lipinski definition) is 5. The van der Waals surface area contributed by atoms with E-state index in [1.807, 2.05) is 14.0 Å². The van der Waals surface area contributed by atoms with E-state index in [0.717, 1.165) is 49.2 Å². The minimum atomic E-state index is -0.345. The van der Waals surface area contributed by atoms with Crippen LogP contribution in [0.1, 0.15) is 37.8 Å². The van der Waals surface area contributed by atoms with Gasteiger partial charge in [-0.25, -0.2) is 9.78 Å². The Balaban J connectivity index is 1.82. The van der Waals surface area contributed by atoms with Gasteiger partial charge in [0, 0.05) is 36.9 Å². The molecule has 2 N–H and O–H groups in total. The standard InChI is InChI=1S/C18H25N5O2/c1-10-15-14(17(24)21-18(25)23(15)13-4-5-13)8-20-16(10)22-7-6-12(9-22)11(2)19-3/h8,11-13,19H,4-7,9H2,1-3H3,(H,21,24,25)/t11-,12?/m0/s1. The first kappa shape index (κ1) is 16.3. The van der Waals surface area contributed by atoms with Crippen molar-refractivity contribution in [3.63, 3.8) is 0 Å². The fourth-order valence-electron chi connectivity index (χ4n) is 4.02. The van der Waals surface area contributed by atoms with Crippen LogP contribution in [0, 0.1) is 12.8 Å². The lowest BCUT2D eigenvalue weighted by atomic mass is 10.0. The second-order valence-electron chi connectivity index (χ2n) is 7.40. The Kier molecular flexibility index (Phi) is 3.91. The third kappa shape index (κ3) is 2.66. The molecule has 25 heavy (non-hydrogen) atoms. The van der Waals surface area contributed by atoms with Crippen molar-refractivity contribution in [3.05, 3.63) is 32.6 Å². The number of aromatic amines is 1.